The van der Waals surface area contributed by atoms with Crippen molar-refractivity contribution in [3.8, 4) is 5.88 Å². The van der Waals surface area contributed by atoms with E-state index in [0.717, 1.165) is 30.4 Å². The van der Waals surface area contributed by atoms with Crippen LogP contribution in [0.4, 0.5) is 10.1 Å². The van der Waals surface area contributed by atoms with Gasteiger partial charge in [0, 0.05) is 25.4 Å². The first-order chi connectivity index (χ1) is 23.6. The first kappa shape index (κ1) is 38.6. The van der Waals surface area contributed by atoms with Crippen LogP contribution in [0.15, 0.2) is 53.1 Å². The standard InChI is InChI=1S/C41H60FN3O4/c1-6-7-8-9-10-11-12-13-14-15-16-17-18-21-27-41(48-5,36-30-37(46)44-49-36)45-28-26-31-22-19-20-23-33(31)38(45)39(47)43-32-24-25-34(35(42)29-32)40(2,3)4/h19-20,22-25,29-30,38H,6-18,21,26-28H2,1-5H3,(H,43,47)(H,44,46)/t38-,41?/m1/s1. The topological polar surface area (TPSA) is 87.8 Å². The van der Waals surface area contributed by atoms with Crippen molar-refractivity contribution >= 4 is 11.6 Å². The highest BCUT2D eigenvalue weighted by atomic mass is 19.1. The number of aromatic hydroxyl groups is 1. The minimum absolute atomic E-state index is 0.231. The number of anilines is 1. The van der Waals surface area contributed by atoms with Gasteiger partial charge in [-0.05, 0) is 58.7 Å². The summed E-state index contributed by atoms with van der Waals surface area (Å²) >= 11 is 0. The van der Waals surface area contributed by atoms with Crippen molar-refractivity contribution in [3.05, 3.63) is 76.8 Å². The fourth-order valence-corrected chi connectivity index (χ4v) is 7.39. The van der Waals surface area contributed by atoms with E-state index in [1.807, 2.05) is 49.9 Å². The van der Waals surface area contributed by atoms with Gasteiger partial charge in [0.15, 0.2) is 11.5 Å². The third-order valence-corrected chi connectivity index (χ3v) is 10.1. The Morgan fingerprint density at radius 3 is 2.10 bits per heavy atom. The highest BCUT2D eigenvalue weighted by molar-refractivity contribution is 5.96. The first-order valence-corrected chi connectivity index (χ1v) is 18.8. The third kappa shape index (κ3) is 10.4. The van der Waals surface area contributed by atoms with Crippen LogP contribution in [0.5, 0.6) is 5.88 Å². The normalized spacial score (nSPS) is 16.3. The second kappa shape index (κ2) is 18.7. The smallest absolute Gasteiger partial charge is 0.252 e. The number of aromatic nitrogens is 1. The number of nitrogens with zero attached hydrogens (tertiary/aromatic N) is 2. The predicted molar refractivity (Wildman–Crippen MR) is 195 cm³/mol. The lowest BCUT2D eigenvalue weighted by molar-refractivity contribution is -0.187. The molecule has 1 unspecified atom stereocenters. The molecule has 2 aromatic carbocycles. The van der Waals surface area contributed by atoms with E-state index in [-0.39, 0.29) is 23.0 Å². The lowest BCUT2D eigenvalue weighted by Gasteiger charge is -2.47. The van der Waals surface area contributed by atoms with Gasteiger partial charge < -0.3 is 19.7 Å². The number of nitrogens with one attached hydrogen (secondary N) is 1. The van der Waals surface area contributed by atoms with Gasteiger partial charge in [0.2, 0.25) is 5.91 Å². The fraction of sp³-hybridized carbons (Fsp3) is 0.610. The van der Waals surface area contributed by atoms with E-state index in [1.54, 1.807) is 19.2 Å². The Balaban J connectivity index is 1.45. The minimum Gasteiger partial charge on any atom is -0.491 e. The maximum atomic E-state index is 15.2. The monoisotopic (exact) mass is 677 g/mol. The Kier molecular flexibility index (Phi) is 14.7. The van der Waals surface area contributed by atoms with Gasteiger partial charge in [-0.15, -0.1) is 0 Å². The molecule has 7 nitrogen and oxygen atoms in total. The number of carbonyl (C=O) groups excluding carboxylic acids is 1. The maximum absolute atomic E-state index is 15.2. The van der Waals surface area contributed by atoms with Gasteiger partial charge in [-0.25, -0.2) is 4.39 Å². The molecule has 1 amide bonds. The number of rotatable bonds is 20. The van der Waals surface area contributed by atoms with Gasteiger partial charge in [-0.3, -0.25) is 9.69 Å². The van der Waals surface area contributed by atoms with Crippen molar-refractivity contribution in [2.75, 3.05) is 19.0 Å². The molecule has 3 aromatic rings. The Morgan fingerprint density at radius 1 is 0.939 bits per heavy atom. The molecule has 1 aliphatic rings. The maximum Gasteiger partial charge on any atom is 0.252 e. The minimum atomic E-state index is -1.15. The zero-order chi connectivity index (χ0) is 35.3. The molecule has 0 fully saturated rings. The number of ether oxygens (including phenoxy) is 1. The van der Waals surface area contributed by atoms with Gasteiger partial charge in [0.05, 0.1) is 0 Å². The number of fused-ring (bicyclic) bond motifs is 1. The average molecular weight is 678 g/mol. The number of halogens is 1. The molecule has 0 saturated heterocycles. The summed E-state index contributed by atoms with van der Waals surface area (Å²) in [6, 6.07) is 13.6. The summed E-state index contributed by atoms with van der Waals surface area (Å²) in [6.07, 6.45) is 18.8. The first-order valence-electron chi connectivity index (χ1n) is 18.8. The zero-order valence-corrected chi connectivity index (χ0v) is 30.7. The molecular weight excluding hydrogens is 617 g/mol. The molecule has 0 saturated carbocycles. The number of carbonyl (C=O) groups is 1. The van der Waals surface area contributed by atoms with Crippen molar-refractivity contribution < 1.29 is 23.6 Å². The number of unbranched alkanes of at least 4 members (excludes halogenated alkanes) is 13. The van der Waals surface area contributed by atoms with Gasteiger partial charge in [-0.1, -0.05) is 141 Å². The number of hydrogen-bond acceptors (Lipinski definition) is 6. The summed E-state index contributed by atoms with van der Waals surface area (Å²) in [6.45, 7) is 8.67. The fourth-order valence-electron chi connectivity index (χ4n) is 7.39. The van der Waals surface area contributed by atoms with Crippen LogP contribution in [0.25, 0.3) is 0 Å². The van der Waals surface area contributed by atoms with Crippen LogP contribution in [0.3, 0.4) is 0 Å². The summed E-state index contributed by atoms with van der Waals surface area (Å²) in [7, 11) is 1.62. The van der Waals surface area contributed by atoms with Crippen molar-refractivity contribution in [2.24, 2.45) is 0 Å². The SMILES string of the molecule is CCCCCCCCCCCCCCCCC(OC)(c1cc(O)no1)N1CCc2ccccc2[C@@H]1C(=O)Nc1ccc(C(C)(C)C)c(F)c1. The number of hydrogen-bond donors (Lipinski definition) is 2. The van der Waals surface area contributed by atoms with Crippen LogP contribution in [-0.2, 0) is 27.1 Å². The molecule has 0 spiro atoms. The Hall–Kier alpha value is -3.23. The van der Waals surface area contributed by atoms with E-state index < -0.39 is 11.8 Å². The third-order valence-electron chi connectivity index (χ3n) is 10.1. The average Bonchev–Trinajstić information content (AvgIpc) is 3.52. The lowest BCUT2D eigenvalue weighted by Crippen LogP contribution is -2.54. The lowest BCUT2D eigenvalue weighted by atomic mass is 9.86. The van der Waals surface area contributed by atoms with Gasteiger partial charge in [0.1, 0.15) is 11.9 Å². The van der Waals surface area contributed by atoms with Crippen molar-refractivity contribution in [3.63, 3.8) is 0 Å². The molecule has 270 valence electrons. The Morgan fingerprint density at radius 2 is 1.55 bits per heavy atom. The molecule has 2 atom stereocenters. The molecule has 2 heterocycles. The highest BCUT2D eigenvalue weighted by Crippen LogP contribution is 2.45. The second-order valence-electron chi connectivity index (χ2n) is 14.9. The van der Waals surface area contributed by atoms with Crippen LogP contribution in [0.1, 0.15) is 152 Å². The summed E-state index contributed by atoms with van der Waals surface area (Å²) < 4.78 is 27.2. The Bertz CT molecular complexity index is 1450. The zero-order valence-electron chi connectivity index (χ0n) is 30.7. The van der Waals surface area contributed by atoms with Crippen LogP contribution >= 0.6 is 0 Å². The summed E-state index contributed by atoms with van der Waals surface area (Å²) in [5, 5.41) is 17.0. The molecule has 4 rings (SSSR count). The van der Waals surface area contributed by atoms with E-state index in [4.69, 9.17) is 9.26 Å². The Labute approximate surface area is 294 Å². The largest absolute Gasteiger partial charge is 0.491 e. The predicted octanol–water partition coefficient (Wildman–Crippen LogP) is 10.7. The molecule has 2 N–H and O–H groups in total. The van der Waals surface area contributed by atoms with E-state index in [9.17, 15) is 9.90 Å². The molecule has 1 aromatic heterocycles. The van der Waals surface area contributed by atoms with Gasteiger partial charge in [0.25, 0.3) is 5.88 Å². The van der Waals surface area contributed by atoms with E-state index in [0.29, 0.717) is 36.4 Å². The van der Waals surface area contributed by atoms with Gasteiger partial charge in [-0.2, -0.15) is 0 Å². The molecule has 0 radical (unpaired) electrons. The van der Waals surface area contributed by atoms with Crippen LogP contribution in [0.2, 0.25) is 0 Å². The summed E-state index contributed by atoms with van der Waals surface area (Å²) in [4.78, 5) is 16.3. The molecular formula is C41H60FN3O4. The molecule has 1 aliphatic heterocycles. The van der Waals surface area contributed by atoms with Crippen molar-refractivity contribution in [2.45, 2.75) is 148 Å². The quantitative estimate of drug-likeness (QED) is 0.116. The van der Waals surface area contributed by atoms with E-state index >= 15 is 4.39 Å². The van der Waals surface area contributed by atoms with Crippen molar-refractivity contribution in [1.82, 2.24) is 10.1 Å². The van der Waals surface area contributed by atoms with Crippen LogP contribution < -0.4 is 5.32 Å². The van der Waals surface area contributed by atoms with Crippen molar-refractivity contribution in [1.29, 1.82) is 0 Å². The van der Waals surface area contributed by atoms with E-state index in [2.05, 4.69) is 17.4 Å². The molecule has 49 heavy (non-hydrogen) atoms. The number of amides is 1. The second-order valence-corrected chi connectivity index (χ2v) is 14.9. The molecule has 0 aliphatic carbocycles. The summed E-state index contributed by atoms with van der Waals surface area (Å²) in [5.41, 5.74) is 1.42. The highest BCUT2D eigenvalue weighted by Gasteiger charge is 2.49. The van der Waals surface area contributed by atoms with Gasteiger partial charge >= 0.3 is 0 Å². The van der Waals surface area contributed by atoms with Crippen LogP contribution in [0, 0.1) is 5.82 Å². The molecule has 8 heteroatoms. The molecule has 0 bridgehead atoms. The van der Waals surface area contributed by atoms with Crippen LogP contribution in [-0.4, -0.2) is 34.7 Å². The van der Waals surface area contributed by atoms with E-state index in [1.165, 1.54) is 82.8 Å². The summed E-state index contributed by atoms with van der Waals surface area (Å²) in [5.74, 6) is -0.515. The number of methoxy groups -OCH3 is 1. The number of benzene rings is 2.